The van der Waals surface area contributed by atoms with Gasteiger partial charge in [-0.2, -0.15) is 0 Å². The number of anilines is 1. The molecule has 1 heterocycles. The Morgan fingerprint density at radius 2 is 1.79 bits per heavy atom. The fraction of sp³-hybridized carbons (Fsp3) is 0.526. The number of allylic oxidation sites excluding steroid dienone is 1. The monoisotopic (exact) mass is 332 g/mol. The predicted molar refractivity (Wildman–Crippen MR) is 97.0 cm³/mol. The molecular weight excluding hydrogens is 304 g/mol. The first-order valence-electron chi connectivity index (χ1n) is 8.53. The van der Waals surface area contributed by atoms with Gasteiger partial charge < -0.3 is 19.7 Å². The molecule has 132 valence electrons. The number of methoxy groups -OCH3 is 2. The summed E-state index contributed by atoms with van der Waals surface area (Å²) in [6.45, 7) is 5.71. The lowest BCUT2D eigenvalue weighted by Gasteiger charge is -2.34. The molecule has 0 atom stereocenters. The largest absolute Gasteiger partial charge is 0.497 e. The quantitative estimate of drug-likeness (QED) is 0.813. The van der Waals surface area contributed by atoms with Crippen molar-refractivity contribution in [1.82, 2.24) is 5.32 Å². The molecule has 1 saturated heterocycles. The zero-order chi connectivity index (χ0) is 17.5. The van der Waals surface area contributed by atoms with Crippen molar-refractivity contribution >= 4 is 11.6 Å². The average molecular weight is 332 g/mol. The summed E-state index contributed by atoms with van der Waals surface area (Å²) in [4.78, 5) is 14.4. The van der Waals surface area contributed by atoms with Crippen molar-refractivity contribution in [2.45, 2.75) is 39.2 Å². The smallest absolute Gasteiger partial charge is 0.246 e. The first kappa shape index (κ1) is 18.2. The number of nitrogens with zero attached hydrogens (tertiary/aromatic N) is 1. The molecule has 1 aliphatic rings. The van der Waals surface area contributed by atoms with Crippen LogP contribution in [0.4, 0.5) is 5.69 Å². The standard InChI is InChI=1S/C19H28N2O3/c1-5-6-14(2)19(22)20-15-7-9-21(10-8-15)16-11-17(23-3)13-18(12-16)24-4/h6,11-13,15H,5,7-10H2,1-4H3,(H,20,22)/b14-6+. The van der Waals surface area contributed by atoms with E-state index in [0.29, 0.717) is 0 Å². The van der Waals surface area contributed by atoms with Crippen molar-refractivity contribution in [3.8, 4) is 11.5 Å². The normalized spacial score (nSPS) is 16.0. The van der Waals surface area contributed by atoms with E-state index in [2.05, 4.69) is 10.2 Å². The second-order valence-corrected chi connectivity index (χ2v) is 6.10. The van der Waals surface area contributed by atoms with Crippen LogP contribution < -0.4 is 19.7 Å². The van der Waals surface area contributed by atoms with Crippen molar-refractivity contribution in [3.05, 3.63) is 29.8 Å². The number of nitrogens with one attached hydrogen (secondary N) is 1. The summed E-state index contributed by atoms with van der Waals surface area (Å²) in [6.07, 6.45) is 4.72. The van der Waals surface area contributed by atoms with Crippen molar-refractivity contribution in [3.63, 3.8) is 0 Å². The zero-order valence-corrected chi connectivity index (χ0v) is 15.1. The minimum atomic E-state index is 0.0540. The molecule has 0 saturated carbocycles. The maximum atomic E-state index is 12.1. The van der Waals surface area contributed by atoms with Crippen LogP contribution in [0, 0.1) is 0 Å². The van der Waals surface area contributed by atoms with Crippen LogP contribution >= 0.6 is 0 Å². The Hall–Kier alpha value is -2.17. The number of piperidine rings is 1. The summed E-state index contributed by atoms with van der Waals surface area (Å²) in [5.74, 6) is 1.64. The van der Waals surface area contributed by atoms with Crippen LogP contribution in [-0.4, -0.2) is 39.3 Å². The van der Waals surface area contributed by atoms with Gasteiger partial charge in [0.05, 0.1) is 14.2 Å². The molecular formula is C19H28N2O3. The molecule has 0 bridgehead atoms. The van der Waals surface area contributed by atoms with Crippen LogP contribution in [0.15, 0.2) is 29.8 Å². The van der Waals surface area contributed by atoms with Gasteiger partial charge in [-0.05, 0) is 26.2 Å². The van der Waals surface area contributed by atoms with Gasteiger partial charge in [-0.3, -0.25) is 4.79 Å². The highest BCUT2D eigenvalue weighted by molar-refractivity contribution is 5.92. The van der Waals surface area contributed by atoms with Gasteiger partial charge in [0.15, 0.2) is 0 Å². The molecule has 1 aromatic carbocycles. The molecule has 0 aromatic heterocycles. The Kier molecular flexibility index (Phi) is 6.53. The van der Waals surface area contributed by atoms with Crippen molar-refractivity contribution in [2.24, 2.45) is 0 Å². The topological polar surface area (TPSA) is 50.8 Å². The van der Waals surface area contributed by atoms with Crippen LogP contribution in [0.5, 0.6) is 11.5 Å². The zero-order valence-electron chi connectivity index (χ0n) is 15.1. The van der Waals surface area contributed by atoms with Crippen molar-refractivity contribution in [2.75, 3.05) is 32.2 Å². The molecule has 1 aromatic rings. The lowest BCUT2D eigenvalue weighted by Crippen LogP contribution is -2.45. The summed E-state index contributed by atoms with van der Waals surface area (Å²) in [7, 11) is 3.32. The summed E-state index contributed by atoms with van der Waals surface area (Å²) < 4.78 is 10.7. The fourth-order valence-corrected chi connectivity index (χ4v) is 2.96. The van der Waals surface area contributed by atoms with Gasteiger partial charge in [0.25, 0.3) is 0 Å². The molecule has 1 amide bonds. The van der Waals surface area contributed by atoms with E-state index in [0.717, 1.165) is 55.1 Å². The van der Waals surface area contributed by atoms with Crippen molar-refractivity contribution in [1.29, 1.82) is 0 Å². The van der Waals surface area contributed by atoms with Gasteiger partial charge >= 0.3 is 0 Å². The van der Waals surface area contributed by atoms with E-state index in [1.54, 1.807) is 14.2 Å². The number of amides is 1. The van der Waals surface area contributed by atoms with Crippen LogP contribution in [-0.2, 0) is 4.79 Å². The first-order valence-corrected chi connectivity index (χ1v) is 8.53. The second-order valence-electron chi connectivity index (χ2n) is 6.10. The van der Waals surface area contributed by atoms with Gasteiger partial charge in [0, 0.05) is 48.6 Å². The van der Waals surface area contributed by atoms with E-state index in [1.165, 1.54) is 0 Å². The van der Waals surface area contributed by atoms with Gasteiger partial charge in [-0.1, -0.05) is 13.0 Å². The number of hydrogen-bond acceptors (Lipinski definition) is 4. The maximum absolute atomic E-state index is 12.1. The Bertz CT molecular complexity index is 568. The maximum Gasteiger partial charge on any atom is 0.246 e. The third-order valence-electron chi connectivity index (χ3n) is 4.40. The predicted octanol–water partition coefficient (Wildman–Crippen LogP) is 3.15. The number of benzene rings is 1. The SMILES string of the molecule is CC/C=C(\C)C(=O)NC1CCN(c2cc(OC)cc(OC)c2)CC1. The van der Waals surface area contributed by atoms with E-state index >= 15 is 0 Å². The minimum Gasteiger partial charge on any atom is -0.497 e. The molecule has 1 fully saturated rings. The highest BCUT2D eigenvalue weighted by atomic mass is 16.5. The lowest BCUT2D eigenvalue weighted by atomic mass is 10.0. The molecule has 24 heavy (non-hydrogen) atoms. The Morgan fingerprint density at radius 3 is 2.29 bits per heavy atom. The van der Waals surface area contributed by atoms with E-state index in [9.17, 15) is 4.79 Å². The summed E-state index contributed by atoms with van der Waals surface area (Å²) in [5, 5.41) is 3.14. The van der Waals surface area contributed by atoms with E-state index < -0.39 is 0 Å². The van der Waals surface area contributed by atoms with Gasteiger partial charge in [0.1, 0.15) is 11.5 Å². The first-order chi connectivity index (χ1) is 11.6. The number of rotatable bonds is 6. The number of hydrogen-bond donors (Lipinski definition) is 1. The van der Waals surface area contributed by atoms with Crippen LogP contribution in [0.25, 0.3) is 0 Å². The van der Waals surface area contributed by atoms with Crippen LogP contribution in [0.1, 0.15) is 33.1 Å². The van der Waals surface area contributed by atoms with Crippen LogP contribution in [0.2, 0.25) is 0 Å². The molecule has 0 spiro atoms. The van der Waals surface area contributed by atoms with E-state index in [1.807, 2.05) is 38.1 Å². The highest BCUT2D eigenvalue weighted by Crippen LogP contribution is 2.30. The highest BCUT2D eigenvalue weighted by Gasteiger charge is 2.22. The number of carbonyl (C=O) groups excluding carboxylic acids is 1. The van der Waals surface area contributed by atoms with Gasteiger partial charge in [-0.25, -0.2) is 0 Å². The summed E-state index contributed by atoms with van der Waals surface area (Å²) in [5.41, 5.74) is 1.90. The minimum absolute atomic E-state index is 0.0540. The van der Waals surface area contributed by atoms with Gasteiger partial charge in [-0.15, -0.1) is 0 Å². The lowest BCUT2D eigenvalue weighted by molar-refractivity contribution is -0.118. The number of ether oxygens (including phenoxy) is 2. The number of carbonyl (C=O) groups is 1. The molecule has 2 rings (SSSR count). The fourth-order valence-electron chi connectivity index (χ4n) is 2.96. The average Bonchev–Trinajstić information content (AvgIpc) is 2.62. The summed E-state index contributed by atoms with van der Waals surface area (Å²) in [6, 6.07) is 6.16. The van der Waals surface area contributed by atoms with Gasteiger partial charge in [0.2, 0.25) is 5.91 Å². The molecule has 0 unspecified atom stereocenters. The third-order valence-corrected chi connectivity index (χ3v) is 4.40. The second kappa shape index (κ2) is 8.62. The molecule has 5 nitrogen and oxygen atoms in total. The molecule has 1 N–H and O–H groups in total. The van der Waals surface area contributed by atoms with E-state index in [-0.39, 0.29) is 11.9 Å². The Morgan fingerprint density at radius 1 is 1.21 bits per heavy atom. The van der Waals surface area contributed by atoms with E-state index in [4.69, 9.17) is 9.47 Å². The summed E-state index contributed by atoms with van der Waals surface area (Å²) >= 11 is 0. The molecule has 0 aliphatic carbocycles. The molecule has 0 radical (unpaired) electrons. The van der Waals surface area contributed by atoms with Crippen molar-refractivity contribution < 1.29 is 14.3 Å². The third kappa shape index (κ3) is 4.66. The Balaban J connectivity index is 1.95. The molecule has 5 heteroatoms. The van der Waals surface area contributed by atoms with Crippen LogP contribution in [0.3, 0.4) is 0 Å². The molecule has 1 aliphatic heterocycles. The Labute approximate surface area is 144 Å².